The molecule has 0 saturated carbocycles. The van der Waals surface area contributed by atoms with E-state index in [1.807, 2.05) is 32.9 Å². The predicted molar refractivity (Wildman–Crippen MR) is 127 cm³/mol. The maximum absolute atomic E-state index is 13.2. The van der Waals surface area contributed by atoms with Gasteiger partial charge >= 0.3 is 0 Å². The molecule has 0 bridgehead atoms. The molecular formula is C24H24N2O4S2. The highest BCUT2D eigenvalue weighted by atomic mass is 32.2. The molecule has 2 aromatic heterocycles. The molecular weight excluding hydrogens is 444 g/mol. The number of hydrogen-bond acceptors (Lipinski definition) is 6. The lowest BCUT2D eigenvalue weighted by Crippen LogP contribution is -2.31. The summed E-state index contributed by atoms with van der Waals surface area (Å²) < 4.78 is 31.9. The van der Waals surface area contributed by atoms with E-state index in [1.165, 1.54) is 16.2 Å². The zero-order chi connectivity index (χ0) is 22.9. The van der Waals surface area contributed by atoms with Crippen molar-refractivity contribution in [1.29, 1.82) is 0 Å². The summed E-state index contributed by atoms with van der Waals surface area (Å²) in [6, 6.07) is 14.2. The van der Waals surface area contributed by atoms with E-state index in [4.69, 9.17) is 9.40 Å². The number of benzene rings is 2. The molecule has 0 radical (unpaired) electrons. The number of anilines is 1. The highest BCUT2D eigenvalue weighted by molar-refractivity contribution is 7.91. The van der Waals surface area contributed by atoms with E-state index in [0.29, 0.717) is 10.9 Å². The molecule has 2 heterocycles. The number of amides is 1. The number of aromatic nitrogens is 1. The van der Waals surface area contributed by atoms with Gasteiger partial charge in [0.1, 0.15) is 5.76 Å². The highest BCUT2D eigenvalue weighted by Crippen LogP contribution is 2.33. The Bertz CT molecular complexity index is 1360. The van der Waals surface area contributed by atoms with Crippen LogP contribution in [0, 0.1) is 20.8 Å². The summed E-state index contributed by atoms with van der Waals surface area (Å²) in [5.41, 5.74) is 4.03. The number of furan rings is 1. The molecule has 0 saturated heterocycles. The maximum Gasteiger partial charge on any atom is 0.230 e. The normalized spacial score (nSPS) is 11.7. The van der Waals surface area contributed by atoms with Crippen molar-refractivity contribution >= 4 is 42.4 Å². The molecule has 0 aliphatic heterocycles. The first-order valence-corrected chi connectivity index (χ1v) is 12.7. The lowest BCUT2D eigenvalue weighted by molar-refractivity contribution is -0.118. The minimum absolute atomic E-state index is 0.148. The number of hydrogen-bond donors (Lipinski definition) is 0. The van der Waals surface area contributed by atoms with Crippen LogP contribution in [0.5, 0.6) is 0 Å². The summed E-state index contributed by atoms with van der Waals surface area (Å²) in [7, 11) is -3.57. The molecule has 4 aromatic rings. The van der Waals surface area contributed by atoms with Gasteiger partial charge < -0.3 is 4.42 Å². The van der Waals surface area contributed by atoms with Crippen molar-refractivity contribution in [3.63, 3.8) is 0 Å². The molecule has 0 atom stereocenters. The van der Waals surface area contributed by atoms with Gasteiger partial charge in [-0.05, 0) is 62.2 Å². The van der Waals surface area contributed by atoms with E-state index in [9.17, 15) is 13.2 Å². The topological polar surface area (TPSA) is 80.5 Å². The molecule has 6 nitrogen and oxygen atoms in total. The highest BCUT2D eigenvalue weighted by Gasteiger charge is 2.24. The molecule has 2 aromatic carbocycles. The Morgan fingerprint density at radius 3 is 2.50 bits per heavy atom. The van der Waals surface area contributed by atoms with Gasteiger partial charge in [0.05, 0.1) is 33.7 Å². The first kappa shape index (κ1) is 22.2. The average molecular weight is 469 g/mol. The van der Waals surface area contributed by atoms with Gasteiger partial charge in [0, 0.05) is 6.42 Å². The van der Waals surface area contributed by atoms with Crippen LogP contribution in [0.4, 0.5) is 5.13 Å². The Morgan fingerprint density at radius 1 is 1.06 bits per heavy atom. The molecule has 0 aliphatic carbocycles. The van der Waals surface area contributed by atoms with Crippen LogP contribution < -0.4 is 4.90 Å². The third-order valence-electron chi connectivity index (χ3n) is 5.46. The SMILES string of the molecule is Cc1ccc(S(=O)(=O)CCC(=O)N(Cc2ccco2)c2nc3c(C)c(C)ccc3s2)cc1. The quantitative estimate of drug-likeness (QED) is 0.372. The third kappa shape index (κ3) is 4.61. The van der Waals surface area contributed by atoms with Gasteiger partial charge in [-0.2, -0.15) is 0 Å². The minimum Gasteiger partial charge on any atom is -0.467 e. The van der Waals surface area contributed by atoms with Crippen molar-refractivity contribution in [3.05, 3.63) is 77.2 Å². The average Bonchev–Trinajstić information content (AvgIpc) is 3.43. The number of fused-ring (bicyclic) bond motifs is 1. The predicted octanol–water partition coefficient (Wildman–Crippen LogP) is 5.21. The van der Waals surface area contributed by atoms with Crippen molar-refractivity contribution in [3.8, 4) is 0 Å². The van der Waals surface area contributed by atoms with Gasteiger partial charge in [-0.3, -0.25) is 9.69 Å². The summed E-state index contributed by atoms with van der Waals surface area (Å²) in [4.78, 5) is 19.7. The minimum atomic E-state index is -3.57. The van der Waals surface area contributed by atoms with E-state index < -0.39 is 9.84 Å². The lowest BCUT2D eigenvalue weighted by Gasteiger charge is -2.18. The Balaban J connectivity index is 1.61. The number of thiazole rings is 1. The second-order valence-electron chi connectivity index (χ2n) is 7.79. The molecule has 8 heteroatoms. The monoisotopic (exact) mass is 468 g/mol. The number of carbonyl (C=O) groups excluding carboxylic acids is 1. The van der Waals surface area contributed by atoms with Gasteiger partial charge in [0.25, 0.3) is 0 Å². The van der Waals surface area contributed by atoms with Crippen molar-refractivity contribution in [2.45, 2.75) is 38.6 Å². The molecule has 0 unspecified atom stereocenters. The maximum atomic E-state index is 13.2. The van der Waals surface area contributed by atoms with E-state index in [-0.39, 0.29) is 29.5 Å². The smallest absolute Gasteiger partial charge is 0.230 e. The van der Waals surface area contributed by atoms with E-state index >= 15 is 0 Å². The molecule has 0 fully saturated rings. The van der Waals surface area contributed by atoms with Gasteiger partial charge in [0.2, 0.25) is 5.91 Å². The van der Waals surface area contributed by atoms with Crippen LogP contribution in [0.25, 0.3) is 10.2 Å². The van der Waals surface area contributed by atoms with E-state index in [1.54, 1.807) is 42.7 Å². The summed E-state index contributed by atoms with van der Waals surface area (Å²) >= 11 is 1.41. The van der Waals surface area contributed by atoms with Crippen LogP contribution in [0.2, 0.25) is 0 Å². The lowest BCUT2D eigenvalue weighted by atomic mass is 10.1. The summed E-state index contributed by atoms with van der Waals surface area (Å²) in [5, 5.41) is 0.530. The fourth-order valence-electron chi connectivity index (χ4n) is 3.37. The Labute approximate surface area is 191 Å². The van der Waals surface area contributed by atoms with Gasteiger partial charge in [-0.1, -0.05) is 35.1 Å². The first-order valence-electron chi connectivity index (χ1n) is 10.2. The Morgan fingerprint density at radius 2 is 1.81 bits per heavy atom. The Kier molecular flexibility index (Phi) is 6.17. The second-order valence-corrected chi connectivity index (χ2v) is 10.9. The fourth-order valence-corrected chi connectivity index (χ4v) is 5.64. The molecule has 0 N–H and O–H groups in total. The van der Waals surface area contributed by atoms with Crippen LogP contribution in [-0.2, 0) is 21.2 Å². The summed E-state index contributed by atoms with van der Waals surface area (Å²) in [6.45, 7) is 6.12. The van der Waals surface area contributed by atoms with E-state index in [2.05, 4.69) is 0 Å². The molecule has 166 valence electrons. The van der Waals surface area contributed by atoms with Crippen molar-refractivity contribution in [2.24, 2.45) is 0 Å². The molecule has 32 heavy (non-hydrogen) atoms. The zero-order valence-electron chi connectivity index (χ0n) is 18.2. The standard InChI is InChI=1S/C24H24N2O4S2/c1-16-6-9-20(10-7-16)32(28,29)14-12-22(27)26(15-19-5-4-13-30-19)24-25-23-18(3)17(2)8-11-21(23)31-24/h4-11,13H,12,14-15H2,1-3H3. The van der Waals surface area contributed by atoms with Crippen LogP contribution in [0.1, 0.15) is 28.9 Å². The van der Waals surface area contributed by atoms with Crippen molar-refractivity contribution < 1.29 is 17.6 Å². The number of aryl methyl sites for hydroxylation is 3. The van der Waals surface area contributed by atoms with Gasteiger partial charge in [-0.15, -0.1) is 0 Å². The third-order valence-corrected chi connectivity index (χ3v) is 8.24. The Hall–Kier alpha value is -2.97. The molecule has 0 spiro atoms. The molecule has 1 amide bonds. The number of nitrogens with zero attached hydrogens (tertiary/aromatic N) is 2. The molecule has 4 rings (SSSR count). The summed E-state index contributed by atoms with van der Waals surface area (Å²) in [5.74, 6) is 0.0180. The van der Waals surface area contributed by atoms with Crippen LogP contribution in [0.15, 0.2) is 64.1 Å². The molecule has 0 aliphatic rings. The second kappa shape index (κ2) is 8.88. The fraction of sp³-hybridized carbons (Fsp3) is 0.250. The van der Waals surface area contributed by atoms with Gasteiger partial charge in [-0.25, -0.2) is 13.4 Å². The number of sulfone groups is 1. The number of carbonyl (C=O) groups is 1. The van der Waals surface area contributed by atoms with Crippen molar-refractivity contribution in [1.82, 2.24) is 4.98 Å². The van der Waals surface area contributed by atoms with Crippen molar-refractivity contribution in [2.75, 3.05) is 10.7 Å². The van der Waals surface area contributed by atoms with Crippen LogP contribution in [0.3, 0.4) is 0 Å². The largest absolute Gasteiger partial charge is 0.467 e. The van der Waals surface area contributed by atoms with Crippen LogP contribution >= 0.6 is 11.3 Å². The summed E-state index contributed by atoms with van der Waals surface area (Å²) in [6.07, 6.45) is 1.40. The van der Waals surface area contributed by atoms with Crippen LogP contribution in [-0.4, -0.2) is 25.1 Å². The van der Waals surface area contributed by atoms with Gasteiger partial charge in [0.15, 0.2) is 15.0 Å². The first-order chi connectivity index (χ1) is 15.2. The zero-order valence-corrected chi connectivity index (χ0v) is 19.8. The number of rotatable bonds is 7. The van der Waals surface area contributed by atoms with E-state index in [0.717, 1.165) is 26.9 Å².